The van der Waals surface area contributed by atoms with Crippen LogP contribution in [0.1, 0.15) is 25.7 Å². The van der Waals surface area contributed by atoms with Crippen molar-refractivity contribution in [2.45, 2.75) is 30.6 Å². The molecule has 1 saturated carbocycles. The zero-order chi connectivity index (χ0) is 23.0. The number of hydroxylamine groups is 2. The third-order valence-electron chi connectivity index (χ3n) is 6.08. The highest BCUT2D eigenvalue weighted by atomic mass is 32.2. The molecule has 1 aromatic rings. The molecule has 1 aliphatic carbocycles. The van der Waals surface area contributed by atoms with Gasteiger partial charge in [0, 0.05) is 25.6 Å². The maximum Gasteiger partial charge on any atom is 0.216 e. The van der Waals surface area contributed by atoms with Gasteiger partial charge < -0.3 is 19.7 Å². The van der Waals surface area contributed by atoms with E-state index >= 15 is 0 Å². The molecule has 1 aromatic carbocycles. The summed E-state index contributed by atoms with van der Waals surface area (Å²) in [6.45, 7) is 3.96. The van der Waals surface area contributed by atoms with E-state index in [2.05, 4.69) is 4.90 Å². The number of sulfone groups is 1. The maximum absolute atomic E-state index is 13.0. The average Bonchev–Trinajstić information content (AvgIpc) is 2.80. The Hall–Kier alpha value is -2.19. The zero-order valence-corrected chi connectivity index (χ0v) is 19.0. The van der Waals surface area contributed by atoms with Gasteiger partial charge in [-0.1, -0.05) is 12.8 Å². The number of hydrogen-bond acceptors (Lipinski definition) is 8. The van der Waals surface area contributed by atoms with Crippen LogP contribution in [0.3, 0.4) is 0 Å². The number of ether oxygens (including phenoxy) is 2. The molecule has 9 nitrogen and oxygen atoms in total. The molecule has 3 rings (SSSR count). The lowest BCUT2D eigenvalue weighted by Gasteiger charge is -2.36. The highest BCUT2D eigenvalue weighted by molar-refractivity contribution is 7.91. The first-order valence-electron chi connectivity index (χ1n) is 11.0. The summed E-state index contributed by atoms with van der Waals surface area (Å²) in [5.41, 5.74) is 0. The summed E-state index contributed by atoms with van der Waals surface area (Å²) >= 11 is 0. The molecule has 2 atom stereocenters. The second kappa shape index (κ2) is 11.6. The molecule has 1 aliphatic heterocycles. The molecule has 0 radical (unpaired) electrons. The lowest BCUT2D eigenvalue weighted by molar-refractivity contribution is -0.135. The average molecular weight is 465 g/mol. The molecule has 0 spiro atoms. The van der Waals surface area contributed by atoms with Gasteiger partial charge in [0.15, 0.2) is 9.84 Å². The van der Waals surface area contributed by atoms with E-state index in [9.17, 15) is 18.4 Å². The molecule has 10 heteroatoms. The number of amides is 1. The quantitative estimate of drug-likeness (QED) is 0.401. The number of nitriles is 1. The van der Waals surface area contributed by atoms with E-state index in [0.717, 1.165) is 45.7 Å². The predicted octanol–water partition coefficient (Wildman–Crippen LogP) is 1.83. The third-order valence-corrected chi connectivity index (χ3v) is 7.94. The SMILES string of the molecule is N#CCN([O-])C(=O)[C@@H]1CCCC[C@H]1CS(=O)(=O)c1ccc(OCCN2CCOCC2)cc1. The van der Waals surface area contributed by atoms with Crippen LogP contribution in [-0.4, -0.2) is 76.0 Å². The van der Waals surface area contributed by atoms with Gasteiger partial charge in [0.1, 0.15) is 12.4 Å². The van der Waals surface area contributed by atoms with Crippen LogP contribution in [-0.2, 0) is 19.4 Å². The number of rotatable bonds is 9. The number of morpholine rings is 1. The van der Waals surface area contributed by atoms with Gasteiger partial charge in [0.2, 0.25) is 5.91 Å². The summed E-state index contributed by atoms with van der Waals surface area (Å²) in [5.74, 6) is -1.37. The first kappa shape index (κ1) is 24.5. The van der Waals surface area contributed by atoms with Gasteiger partial charge >= 0.3 is 0 Å². The summed E-state index contributed by atoms with van der Waals surface area (Å²) in [4.78, 5) is 14.8. The number of nitrogens with zero attached hydrogens (tertiary/aromatic N) is 3. The van der Waals surface area contributed by atoms with Gasteiger partial charge in [-0.25, -0.2) is 8.42 Å². The summed E-state index contributed by atoms with van der Waals surface area (Å²) in [6.07, 6.45) is 2.62. The van der Waals surface area contributed by atoms with Gasteiger partial charge in [-0.3, -0.25) is 9.69 Å². The van der Waals surface area contributed by atoms with Crippen molar-refractivity contribution >= 4 is 15.7 Å². The van der Waals surface area contributed by atoms with Crippen LogP contribution in [0.4, 0.5) is 0 Å². The van der Waals surface area contributed by atoms with Gasteiger partial charge in [0.25, 0.3) is 0 Å². The molecule has 0 unspecified atom stereocenters. The second-order valence-electron chi connectivity index (χ2n) is 8.24. The van der Waals surface area contributed by atoms with Crippen molar-refractivity contribution in [3.63, 3.8) is 0 Å². The molecule has 0 N–H and O–H groups in total. The molecular formula is C22H30N3O6S-. The van der Waals surface area contributed by atoms with Crippen LogP contribution in [0.15, 0.2) is 29.2 Å². The number of carbonyl (C=O) groups excluding carboxylic acids is 1. The lowest BCUT2D eigenvalue weighted by atomic mass is 9.79. The van der Waals surface area contributed by atoms with Crippen LogP contribution in [0, 0.1) is 28.4 Å². The van der Waals surface area contributed by atoms with Crippen LogP contribution >= 0.6 is 0 Å². The fourth-order valence-electron chi connectivity index (χ4n) is 4.30. The second-order valence-corrected chi connectivity index (χ2v) is 10.3. The van der Waals surface area contributed by atoms with Crippen LogP contribution in [0.5, 0.6) is 5.75 Å². The van der Waals surface area contributed by atoms with E-state index in [1.54, 1.807) is 18.2 Å². The zero-order valence-electron chi connectivity index (χ0n) is 18.1. The Balaban J connectivity index is 1.57. The molecule has 1 heterocycles. The Labute approximate surface area is 189 Å². The fraction of sp³-hybridized carbons (Fsp3) is 0.636. The van der Waals surface area contributed by atoms with Crippen molar-refractivity contribution in [1.82, 2.24) is 9.96 Å². The molecule has 32 heavy (non-hydrogen) atoms. The Bertz CT molecular complexity index is 893. The standard InChI is InChI=1S/C22H30N3O6S/c23-9-10-25(27)22(26)21-4-2-1-3-18(21)17-32(28,29)20-7-5-19(6-8-20)31-16-13-24-11-14-30-15-12-24/h5-8,18,21H,1-4,10-17H2/q-1/t18-,21+/m0/s1. The van der Waals surface area contributed by atoms with E-state index in [1.807, 2.05) is 0 Å². The van der Waals surface area contributed by atoms with Crippen molar-refractivity contribution in [3.05, 3.63) is 29.5 Å². The van der Waals surface area contributed by atoms with Crippen LogP contribution < -0.4 is 4.74 Å². The summed E-state index contributed by atoms with van der Waals surface area (Å²) in [5, 5.41) is 20.6. The molecule has 2 fully saturated rings. The topological polar surface area (TPSA) is 123 Å². The maximum atomic E-state index is 13.0. The van der Waals surface area contributed by atoms with Crippen molar-refractivity contribution in [2.75, 3.05) is 51.8 Å². The largest absolute Gasteiger partial charge is 0.756 e. The molecular weight excluding hydrogens is 434 g/mol. The van der Waals surface area contributed by atoms with E-state index in [4.69, 9.17) is 14.7 Å². The molecule has 1 saturated heterocycles. The monoisotopic (exact) mass is 464 g/mol. The normalized spacial score (nSPS) is 22.1. The number of hydrogen-bond donors (Lipinski definition) is 0. The first-order valence-corrected chi connectivity index (χ1v) is 12.7. The Morgan fingerprint density at radius 3 is 2.59 bits per heavy atom. The summed E-state index contributed by atoms with van der Waals surface area (Å²) in [6, 6.07) is 8.00. The molecule has 1 amide bonds. The minimum absolute atomic E-state index is 0.151. The molecule has 2 aliphatic rings. The van der Waals surface area contributed by atoms with E-state index in [0.29, 0.717) is 25.2 Å². The number of carbonyl (C=O) groups is 1. The highest BCUT2D eigenvalue weighted by Crippen LogP contribution is 2.34. The Kier molecular flexibility index (Phi) is 8.87. The van der Waals surface area contributed by atoms with Gasteiger partial charge in [-0.15, -0.1) is 0 Å². The van der Waals surface area contributed by atoms with Crippen molar-refractivity contribution in [3.8, 4) is 11.8 Å². The Morgan fingerprint density at radius 2 is 1.91 bits per heavy atom. The fourth-order valence-corrected chi connectivity index (χ4v) is 6.00. The summed E-state index contributed by atoms with van der Waals surface area (Å²) < 4.78 is 37.0. The summed E-state index contributed by atoms with van der Waals surface area (Å²) in [7, 11) is -3.63. The van der Waals surface area contributed by atoms with Gasteiger partial charge in [-0.2, -0.15) is 5.26 Å². The smallest absolute Gasteiger partial charge is 0.216 e. The molecule has 0 bridgehead atoms. The first-order chi connectivity index (χ1) is 15.4. The minimum atomic E-state index is -3.63. The molecule has 0 aromatic heterocycles. The van der Waals surface area contributed by atoms with Crippen molar-refractivity contribution in [2.24, 2.45) is 11.8 Å². The molecule has 176 valence electrons. The van der Waals surface area contributed by atoms with E-state index < -0.39 is 34.1 Å². The van der Waals surface area contributed by atoms with Gasteiger partial charge in [0.05, 0.1) is 36.5 Å². The van der Waals surface area contributed by atoms with Crippen LogP contribution in [0.2, 0.25) is 0 Å². The van der Waals surface area contributed by atoms with Crippen molar-refractivity contribution in [1.29, 1.82) is 5.26 Å². The lowest BCUT2D eigenvalue weighted by Crippen LogP contribution is -2.39. The highest BCUT2D eigenvalue weighted by Gasteiger charge is 2.35. The minimum Gasteiger partial charge on any atom is -0.756 e. The number of benzene rings is 1. The Morgan fingerprint density at radius 1 is 1.22 bits per heavy atom. The van der Waals surface area contributed by atoms with Gasteiger partial charge in [-0.05, 0) is 43.0 Å². The van der Waals surface area contributed by atoms with E-state index in [-0.39, 0.29) is 15.7 Å². The van der Waals surface area contributed by atoms with Crippen LogP contribution in [0.25, 0.3) is 0 Å². The third kappa shape index (κ3) is 6.65. The predicted molar refractivity (Wildman–Crippen MR) is 117 cm³/mol. The van der Waals surface area contributed by atoms with E-state index in [1.165, 1.54) is 12.1 Å². The van der Waals surface area contributed by atoms with Crippen molar-refractivity contribution < 1.29 is 22.7 Å².